The van der Waals surface area contributed by atoms with Crippen LogP contribution in [0.4, 0.5) is 5.69 Å². The number of carbonyl (C=O) groups is 2. The quantitative estimate of drug-likeness (QED) is 0.294. The van der Waals surface area contributed by atoms with Gasteiger partial charge in [-0.05, 0) is 89.9 Å². The van der Waals surface area contributed by atoms with Crippen molar-refractivity contribution in [2.75, 3.05) is 4.90 Å². The first-order valence-corrected chi connectivity index (χ1v) is 11.8. The summed E-state index contributed by atoms with van der Waals surface area (Å²) in [6, 6.07) is 13.9. The standard InChI is InChI=1S/C23H16BrClN2O3S2/c1-12-9-15(13(2)26(12)16-5-3-14(4-6-16)22(29)30)10-20-21(28)27(23(31)32-20)17-7-8-18(24)19(25)11-17/h3-11H,1-2H3,(H,29,30)/b20-10+. The second-order valence-electron chi connectivity index (χ2n) is 7.13. The molecule has 9 heteroatoms. The number of carbonyl (C=O) groups excluding carboxylic acids is 1. The van der Waals surface area contributed by atoms with E-state index in [1.807, 2.05) is 30.6 Å². The van der Waals surface area contributed by atoms with Gasteiger partial charge in [-0.2, -0.15) is 0 Å². The van der Waals surface area contributed by atoms with Crippen molar-refractivity contribution in [1.82, 2.24) is 4.57 Å². The Morgan fingerprint density at radius 2 is 1.78 bits per heavy atom. The van der Waals surface area contributed by atoms with E-state index in [0.717, 1.165) is 27.1 Å². The van der Waals surface area contributed by atoms with E-state index < -0.39 is 5.97 Å². The lowest BCUT2D eigenvalue weighted by molar-refractivity contribution is -0.113. The molecule has 0 atom stereocenters. The Morgan fingerprint density at radius 1 is 1.12 bits per heavy atom. The Morgan fingerprint density at radius 3 is 2.41 bits per heavy atom. The van der Waals surface area contributed by atoms with Crippen LogP contribution in [0.1, 0.15) is 27.3 Å². The summed E-state index contributed by atoms with van der Waals surface area (Å²) in [5.41, 5.74) is 4.48. The molecule has 0 saturated carbocycles. The number of amides is 1. The molecular weight excluding hydrogens is 532 g/mol. The number of aromatic nitrogens is 1. The molecule has 1 aliphatic rings. The zero-order valence-electron chi connectivity index (χ0n) is 16.9. The molecule has 1 fully saturated rings. The van der Waals surface area contributed by atoms with Gasteiger partial charge in [0.25, 0.3) is 5.91 Å². The van der Waals surface area contributed by atoms with Crippen LogP contribution in [0, 0.1) is 13.8 Å². The van der Waals surface area contributed by atoms with Gasteiger partial charge in [-0.15, -0.1) is 0 Å². The van der Waals surface area contributed by atoms with Gasteiger partial charge in [0.05, 0.1) is 21.2 Å². The van der Waals surface area contributed by atoms with Crippen LogP contribution in [0.15, 0.2) is 57.9 Å². The Bertz CT molecular complexity index is 1320. The molecule has 162 valence electrons. The van der Waals surface area contributed by atoms with Gasteiger partial charge in [0.2, 0.25) is 0 Å². The Hall–Kier alpha value is -2.39. The van der Waals surface area contributed by atoms with Gasteiger partial charge in [0.1, 0.15) is 0 Å². The highest BCUT2D eigenvalue weighted by Crippen LogP contribution is 2.38. The molecule has 2 heterocycles. The minimum absolute atomic E-state index is 0.200. The highest BCUT2D eigenvalue weighted by atomic mass is 79.9. The lowest BCUT2D eigenvalue weighted by atomic mass is 10.2. The topological polar surface area (TPSA) is 62.5 Å². The van der Waals surface area contributed by atoms with Crippen LogP contribution in [0.2, 0.25) is 5.02 Å². The van der Waals surface area contributed by atoms with E-state index in [1.165, 1.54) is 16.7 Å². The Kier molecular flexibility index (Phi) is 6.31. The molecule has 3 aromatic rings. The van der Waals surface area contributed by atoms with Crippen molar-refractivity contribution in [2.45, 2.75) is 13.8 Å². The molecule has 4 rings (SSSR count). The molecule has 0 radical (unpaired) electrons. The zero-order chi connectivity index (χ0) is 23.2. The lowest BCUT2D eigenvalue weighted by Crippen LogP contribution is -2.27. The molecule has 1 amide bonds. The second-order valence-corrected chi connectivity index (χ2v) is 10.1. The summed E-state index contributed by atoms with van der Waals surface area (Å²) in [6.07, 6.45) is 1.84. The van der Waals surface area contributed by atoms with Gasteiger partial charge in [-0.3, -0.25) is 9.69 Å². The van der Waals surface area contributed by atoms with Crippen molar-refractivity contribution in [3.63, 3.8) is 0 Å². The molecule has 2 aromatic carbocycles. The number of hydrogen-bond acceptors (Lipinski definition) is 4. The number of rotatable bonds is 4. The van der Waals surface area contributed by atoms with Crippen LogP contribution in [0.5, 0.6) is 0 Å². The number of halogens is 2. The minimum atomic E-state index is -0.965. The zero-order valence-corrected chi connectivity index (χ0v) is 20.9. The number of nitrogens with zero attached hydrogens (tertiary/aromatic N) is 2. The maximum absolute atomic E-state index is 13.1. The maximum atomic E-state index is 13.1. The van der Waals surface area contributed by atoms with Gasteiger partial charge in [0.15, 0.2) is 4.32 Å². The number of thiocarbonyl (C=S) groups is 1. The summed E-state index contributed by atoms with van der Waals surface area (Å²) >= 11 is 16.3. The third-order valence-corrected chi connectivity index (χ3v) is 7.62. The van der Waals surface area contributed by atoms with Crippen LogP contribution in [-0.2, 0) is 4.79 Å². The van der Waals surface area contributed by atoms with Gasteiger partial charge in [-0.25, -0.2) is 4.79 Å². The van der Waals surface area contributed by atoms with Gasteiger partial charge in [-0.1, -0.05) is 35.6 Å². The number of aromatic carboxylic acids is 1. The fourth-order valence-electron chi connectivity index (χ4n) is 3.54. The SMILES string of the molecule is Cc1cc(/C=C2/SC(=S)N(c3ccc(Br)c(Cl)c3)C2=O)c(C)n1-c1ccc(C(=O)O)cc1. The van der Waals surface area contributed by atoms with E-state index >= 15 is 0 Å². The van der Waals surface area contributed by atoms with Crippen molar-refractivity contribution < 1.29 is 14.7 Å². The van der Waals surface area contributed by atoms with E-state index in [0.29, 0.717) is 19.9 Å². The molecule has 0 spiro atoms. The van der Waals surface area contributed by atoms with Crippen molar-refractivity contribution in [3.8, 4) is 5.69 Å². The number of benzene rings is 2. The second kappa shape index (κ2) is 8.86. The summed E-state index contributed by atoms with van der Waals surface area (Å²) in [5, 5.41) is 9.62. The number of hydrogen-bond donors (Lipinski definition) is 1. The van der Waals surface area contributed by atoms with Crippen molar-refractivity contribution >= 4 is 79.5 Å². The predicted molar refractivity (Wildman–Crippen MR) is 137 cm³/mol. The third-order valence-electron chi connectivity index (χ3n) is 5.08. The smallest absolute Gasteiger partial charge is 0.335 e. The van der Waals surface area contributed by atoms with Gasteiger partial charge >= 0.3 is 5.97 Å². The van der Waals surface area contributed by atoms with Gasteiger partial charge in [0, 0.05) is 21.5 Å². The van der Waals surface area contributed by atoms with Crippen LogP contribution in [-0.4, -0.2) is 25.9 Å². The molecule has 1 aromatic heterocycles. The molecule has 1 saturated heterocycles. The molecule has 32 heavy (non-hydrogen) atoms. The highest BCUT2D eigenvalue weighted by Gasteiger charge is 2.33. The molecule has 0 unspecified atom stereocenters. The number of carboxylic acids is 1. The van der Waals surface area contributed by atoms with E-state index in [-0.39, 0.29) is 11.5 Å². The van der Waals surface area contributed by atoms with E-state index in [9.17, 15) is 9.59 Å². The van der Waals surface area contributed by atoms with E-state index in [4.69, 9.17) is 28.9 Å². The number of carboxylic acid groups (broad SMARTS) is 1. The molecule has 1 aliphatic heterocycles. The maximum Gasteiger partial charge on any atom is 0.335 e. The van der Waals surface area contributed by atoms with E-state index in [1.54, 1.807) is 42.5 Å². The Balaban J connectivity index is 1.68. The first-order valence-electron chi connectivity index (χ1n) is 9.43. The largest absolute Gasteiger partial charge is 0.478 e. The number of thioether (sulfide) groups is 1. The average Bonchev–Trinajstić information content (AvgIpc) is 3.18. The number of anilines is 1. The van der Waals surface area contributed by atoms with Crippen LogP contribution < -0.4 is 4.90 Å². The summed E-state index contributed by atoms with van der Waals surface area (Å²) in [5.74, 6) is -1.17. The first-order chi connectivity index (χ1) is 15.2. The molecule has 0 bridgehead atoms. The minimum Gasteiger partial charge on any atom is -0.478 e. The van der Waals surface area contributed by atoms with Crippen molar-refractivity contribution in [1.29, 1.82) is 0 Å². The van der Waals surface area contributed by atoms with Gasteiger partial charge < -0.3 is 9.67 Å². The summed E-state index contributed by atoms with van der Waals surface area (Å²) in [6.45, 7) is 3.92. The lowest BCUT2D eigenvalue weighted by Gasteiger charge is -2.15. The Labute approximate surface area is 207 Å². The van der Waals surface area contributed by atoms with E-state index in [2.05, 4.69) is 15.9 Å². The summed E-state index contributed by atoms with van der Waals surface area (Å²) in [7, 11) is 0. The van der Waals surface area contributed by atoms with Crippen LogP contribution in [0.25, 0.3) is 11.8 Å². The summed E-state index contributed by atoms with van der Waals surface area (Å²) < 4.78 is 3.21. The third kappa shape index (κ3) is 4.15. The predicted octanol–water partition coefficient (Wildman–Crippen LogP) is 6.61. The normalized spacial score (nSPS) is 15.1. The van der Waals surface area contributed by atoms with Crippen LogP contribution >= 0.6 is 51.5 Å². The molecule has 1 N–H and O–H groups in total. The molecule has 0 aliphatic carbocycles. The first kappa shape index (κ1) is 22.8. The van der Waals surface area contributed by atoms with Crippen molar-refractivity contribution in [2.24, 2.45) is 0 Å². The monoisotopic (exact) mass is 546 g/mol. The average molecular weight is 548 g/mol. The summed E-state index contributed by atoms with van der Waals surface area (Å²) in [4.78, 5) is 26.3. The number of aryl methyl sites for hydroxylation is 1. The molecular formula is C23H16BrClN2O3S2. The van der Waals surface area contributed by atoms with Crippen LogP contribution in [0.3, 0.4) is 0 Å². The fourth-order valence-corrected chi connectivity index (χ4v) is 5.25. The highest BCUT2D eigenvalue weighted by molar-refractivity contribution is 9.10. The molecule has 5 nitrogen and oxygen atoms in total. The van der Waals surface area contributed by atoms with Crippen molar-refractivity contribution in [3.05, 3.63) is 85.4 Å². The fraction of sp³-hybridized carbons (Fsp3) is 0.0870.